The maximum Gasteiger partial charge on any atom is 0.256 e. The normalized spacial score (nSPS) is 13.0. The number of nitrogens with zero attached hydrogens (tertiary/aromatic N) is 2. The van der Waals surface area contributed by atoms with E-state index >= 15 is 0 Å². The molecular weight excluding hydrogens is 388 g/mol. The van der Waals surface area contributed by atoms with Crippen LogP contribution in [-0.2, 0) is 13.0 Å². The van der Waals surface area contributed by atoms with E-state index in [-0.39, 0.29) is 23.5 Å². The Morgan fingerprint density at radius 1 is 1.10 bits per heavy atom. The zero-order valence-corrected chi connectivity index (χ0v) is 15.1. The van der Waals surface area contributed by atoms with Gasteiger partial charge >= 0.3 is 0 Å². The lowest BCUT2D eigenvalue weighted by atomic mass is 10.00. The molecule has 0 aliphatic carbocycles. The Hall–Kier alpha value is -3.36. The highest BCUT2D eigenvalue weighted by molar-refractivity contribution is 6.04. The lowest BCUT2D eigenvalue weighted by Crippen LogP contribution is -2.17. The van der Waals surface area contributed by atoms with Gasteiger partial charge in [0.1, 0.15) is 5.82 Å². The minimum Gasteiger partial charge on any atom is -0.382 e. The zero-order valence-electron chi connectivity index (χ0n) is 15.1. The molecule has 0 radical (unpaired) electrons. The average Bonchev–Trinajstić information content (AvgIpc) is 3.12. The Kier molecular flexibility index (Phi) is 4.96. The third kappa shape index (κ3) is 3.94. The number of hydrogen-bond acceptors (Lipinski definition) is 3. The van der Waals surface area contributed by atoms with Crippen LogP contribution in [0.25, 0.3) is 0 Å². The summed E-state index contributed by atoms with van der Waals surface area (Å²) in [7, 11) is 0. The first kappa shape index (κ1) is 19.0. The lowest BCUT2D eigenvalue weighted by molar-refractivity contribution is 0.102. The zero-order chi connectivity index (χ0) is 20.5. The molecule has 0 bridgehead atoms. The van der Waals surface area contributed by atoms with Crippen LogP contribution < -0.4 is 10.6 Å². The van der Waals surface area contributed by atoms with E-state index in [1.165, 1.54) is 17.1 Å². The quantitative estimate of drug-likeness (QED) is 0.509. The number of nitrogens with one attached hydrogen (secondary N) is 2. The average molecular weight is 404 g/mol. The van der Waals surface area contributed by atoms with Crippen LogP contribution in [0.2, 0.25) is 0 Å². The summed E-state index contributed by atoms with van der Waals surface area (Å²) in [5.41, 5.74) is 1.53. The fourth-order valence-electron chi connectivity index (χ4n) is 3.29. The van der Waals surface area contributed by atoms with Gasteiger partial charge in [-0.2, -0.15) is 0 Å². The van der Waals surface area contributed by atoms with Crippen molar-refractivity contribution < 1.29 is 22.4 Å². The first-order valence-corrected chi connectivity index (χ1v) is 8.93. The Bertz CT molecular complexity index is 1070. The second-order valence-electron chi connectivity index (χ2n) is 6.78. The number of hydrogen-bond donors (Lipinski definition) is 2. The van der Waals surface area contributed by atoms with Crippen LogP contribution in [0, 0.1) is 23.3 Å². The predicted octanol–water partition coefficient (Wildman–Crippen LogP) is 4.10. The largest absolute Gasteiger partial charge is 0.382 e. The Morgan fingerprint density at radius 2 is 1.86 bits per heavy atom. The number of anilines is 2. The molecular formula is C20H16F4N4O. The molecule has 9 heteroatoms. The van der Waals surface area contributed by atoms with E-state index in [1.807, 2.05) is 0 Å². The summed E-state index contributed by atoms with van der Waals surface area (Å²) in [4.78, 5) is 16.5. The highest BCUT2D eigenvalue weighted by atomic mass is 19.2. The SMILES string of the molecule is O=C(Nc1cn(Cc2cc(F)c(F)c(F)c2)cn1)c1cc(F)c2c(c1)CCCN2. The van der Waals surface area contributed by atoms with Gasteiger partial charge < -0.3 is 15.2 Å². The molecule has 3 aromatic rings. The number of fused-ring (bicyclic) bond motifs is 1. The van der Waals surface area contributed by atoms with Gasteiger partial charge in [0, 0.05) is 24.8 Å². The molecule has 5 nitrogen and oxygen atoms in total. The van der Waals surface area contributed by atoms with Crippen molar-refractivity contribution in [3.8, 4) is 0 Å². The van der Waals surface area contributed by atoms with Crippen molar-refractivity contribution in [2.75, 3.05) is 17.2 Å². The van der Waals surface area contributed by atoms with E-state index in [0.29, 0.717) is 18.7 Å². The molecule has 2 N–H and O–H groups in total. The van der Waals surface area contributed by atoms with E-state index in [2.05, 4.69) is 15.6 Å². The number of imidazole rings is 1. The minimum atomic E-state index is -1.53. The molecule has 2 aromatic carbocycles. The van der Waals surface area contributed by atoms with Crippen LogP contribution in [0.1, 0.15) is 27.9 Å². The van der Waals surface area contributed by atoms with Crippen molar-refractivity contribution in [3.05, 3.63) is 76.7 Å². The summed E-state index contributed by atoms with van der Waals surface area (Å²) in [6, 6.07) is 4.58. The monoisotopic (exact) mass is 404 g/mol. The molecule has 1 aromatic heterocycles. The summed E-state index contributed by atoms with van der Waals surface area (Å²) in [6.07, 6.45) is 4.34. The fraction of sp³-hybridized carbons (Fsp3) is 0.200. The number of halogens is 4. The number of carbonyl (C=O) groups excluding carboxylic acids is 1. The van der Waals surface area contributed by atoms with Crippen molar-refractivity contribution in [3.63, 3.8) is 0 Å². The lowest BCUT2D eigenvalue weighted by Gasteiger charge is -2.19. The highest BCUT2D eigenvalue weighted by Gasteiger charge is 2.18. The van der Waals surface area contributed by atoms with Crippen LogP contribution in [0.4, 0.5) is 29.1 Å². The molecule has 0 saturated heterocycles. The van der Waals surface area contributed by atoms with Crippen LogP contribution in [0.15, 0.2) is 36.8 Å². The predicted molar refractivity (Wildman–Crippen MR) is 98.8 cm³/mol. The van der Waals surface area contributed by atoms with Crippen molar-refractivity contribution in [1.29, 1.82) is 0 Å². The van der Waals surface area contributed by atoms with Crippen LogP contribution in [0.3, 0.4) is 0 Å². The van der Waals surface area contributed by atoms with Crippen molar-refractivity contribution in [2.45, 2.75) is 19.4 Å². The van der Waals surface area contributed by atoms with Gasteiger partial charge in [-0.1, -0.05) is 0 Å². The first-order chi connectivity index (χ1) is 13.9. The number of carbonyl (C=O) groups is 1. The molecule has 4 rings (SSSR count). The molecule has 0 fully saturated rings. The Labute approximate surface area is 163 Å². The van der Waals surface area contributed by atoms with Gasteiger partial charge in [0.25, 0.3) is 5.91 Å². The molecule has 150 valence electrons. The second kappa shape index (κ2) is 7.57. The molecule has 1 aliphatic heterocycles. The maximum atomic E-state index is 14.2. The van der Waals surface area contributed by atoms with Gasteiger partial charge in [0.05, 0.1) is 12.0 Å². The number of benzene rings is 2. The number of aromatic nitrogens is 2. The third-order valence-electron chi connectivity index (χ3n) is 4.64. The second-order valence-corrected chi connectivity index (χ2v) is 6.78. The fourth-order valence-corrected chi connectivity index (χ4v) is 3.29. The molecule has 0 spiro atoms. The molecule has 1 aliphatic rings. The Balaban J connectivity index is 1.48. The minimum absolute atomic E-state index is 0.0239. The van der Waals surface area contributed by atoms with Crippen LogP contribution >= 0.6 is 0 Å². The standard InChI is InChI=1S/C20H16F4N4O/c21-14-4-11(5-15(22)18(14)24)8-28-9-17(26-10-28)27-20(29)13-6-12-2-1-3-25-19(12)16(23)7-13/h4-7,9-10,25H,1-3,8H2,(H,27,29). The maximum absolute atomic E-state index is 14.2. The molecule has 29 heavy (non-hydrogen) atoms. The van der Waals surface area contributed by atoms with Crippen LogP contribution in [0.5, 0.6) is 0 Å². The van der Waals surface area contributed by atoms with E-state index < -0.39 is 29.2 Å². The summed E-state index contributed by atoms with van der Waals surface area (Å²) >= 11 is 0. The topological polar surface area (TPSA) is 59.0 Å². The van der Waals surface area contributed by atoms with Gasteiger partial charge in [-0.05, 0) is 48.2 Å². The van der Waals surface area contributed by atoms with Crippen molar-refractivity contribution >= 4 is 17.4 Å². The van der Waals surface area contributed by atoms with Crippen molar-refractivity contribution in [2.24, 2.45) is 0 Å². The molecule has 0 saturated carbocycles. The summed E-state index contributed by atoms with van der Waals surface area (Å²) in [5, 5.41) is 5.55. The number of aryl methyl sites for hydroxylation is 1. The third-order valence-corrected chi connectivity index (χ3v) is 4.64. The van der Waals surface area contributed by atoms with Gasteiger partial charge in [-0.15, -0.1) is 0 Å². The number of rotatable bonds is 4. The van der Waals surface area contributed by atoms with Gasteiger partial charge in [-0.3, -0.25) is 4.79 Å². The molecule has 2 heterocycles. The van der Waals surface area contributed by atoms with Gasteiger partial charge in [0.2, 0.25) is 0 Å². The summed E-state index contributed by atoms with van der Waals surface area (Å²) in [5.74, 6) is -4.91. The van der Waals surface area contributed by atoms with Crippen molar-refractivity contribution in [1.82, 2.24) is 9.55 Å². The summed E-state index contributed by atoms with van der Waals surface area (Å²) in [6.45, 7) is 0.713. The van der Waals surface area contributed by atoms with Gasteiger partial charge in [0.15, 0.2) is 23.3 Å². The molecule has 0 atom stereocenters. The first-order valence-electron chi connectivity index (χ1n) is 8.93. The van der Waals surface area contributed by atoms with E-state index in [4.69, 9.17) is 0 Å². The summed E-state index contributed by atoms with van der Waals surface area (Å²) < 4.78 is 55.4. The Morgan fingerprint density at radius 3 is 2.62 bits per heavy atom. The highest BCUT2D eigenvalue weighted by Crippen LogP contribution is 2.27. The molecule has 0 unspecified atom stereocenters. The van der Waals surface area contributed by atoms with E-state index in [1.54, 1.807) is 6.07 Å². The van der Waals surface area contributed by atoms with Crippen LogP contribution in [-0.4, -0.2) is 22.0 Å². The smallest absolute Gasteiger partial charge is 0.256 e. The number of amides is 1. The van der Waals surface area contributed by atoms with Gasteiger partial charge in [-0.25, -0.2) is 22.5 Å². The van der Waals surface area contributed by atoms with E-state index in [9.17, 15) is 22.4 Å². The van der Waals surface area contributed by atoms with E-state index in [0.717, 1.165) is 30.2 Å². The molecule has 1 amide bonds.